The van der Waals surface area contributed by atoms with Crippen molar-refractivity contribution in [2.24, 2.45) is 0 Å². The molecule has 192 valence electrons. The molecule has 4 aromatic rings. The largest absolute Gasteiger partial charge is 0.472 e. The number of pyridine rings is 1. The molecular weight excluding hydrogens is 509 g/mol. The third-order valence-corrected chi connectivity index (χ3v) is 6.89. The van der Waals surface area contributed by atoms with Crippen LogP contribution >= 0.6 is 0 Å². The van der Waals surface area contributed by atoms with E-state index < -0.39 is 33.0 Å². The van der Waals surface area contributed by atoms with Gasteiger partial charge in [0.05, 0.1) is 23.0 Å². The average molecular weight is 531 g/mol. The van der Waals surface area contributed by atoms with Crippen LogP contribution in [0.25, 0.3) is 16.8 Å². The van der Waals surface area contributed by atoms with Gasteiger partial charge >= 0.3 is 6.18 Å². The molecule has 0 atom stereocenters. The van der Waals surface area contributed by atoms with E-state index >= 15 is 0 Å². The number of amides is 1. The summed E-state index contributed by atoms with van der Waals surface area (Å²) >= 11 is 0. The van der Waals surface area contributed by atoms with Gasteiger partial charge in [-0.2, -0.15) is 13.2 Å². The highest BCUT2D eigenvalue weighted by atomic mass is 32.2. The van der Waals surface area contributed by atoms with Gasteiger partial charge in [0.25, 0.3) is 11.5 Å². The Hall–Kier alpha value is -4.12. The summed E-state index contributed by atoms with van der Waals surface area (Å²) in [5.41, 5.74) is -0.209. The summed E-state index contributed by atoms with van der Waals surface area (Å²) < 4.78 is 69.5. The molecule has 0 unspecified atom stereocenters. The minimum atomic E-state index is -4.62. The van der Waals surface area contributed by atoms with Gasteiger partial charge in [0.1, 0.15) is 5.56 Å². The normalized spacial score (nSPS) is 11.9. The fourth-order valence-corrected chi connectivity index (χ4v) is 4.47. The molecule has 0 spiro atoms. The van der Waals surface area contributed by atoms with Gasteiger partial charge in [0, 0.05) is 35.3 Å². The number of alkyl halides is 3. The van der Waals surface area contributed by atoms with Gasteiger partial charge < -0.3 is 9.73 Å². The van der Waals surface area contributed by atoms with E-state index in [0.29, 0.717) is 22.4 Å². The first-order valence-electron chi connectivity index (χ1n) is 10.9. The third kappa shape index (κ3) is 5.51. The van der Waals surface area contributed by atoms with Crippen molar-refractivity contribution in [3.8, 4) is 16.8 Å². The predicted molar refractivity (Wildman–Crippen MR) is 130 cm³/mol. The lowest BCUT2D eigenvalue weighted by molar-refractivity contribution is -0.137. The second-order valence-electron chi connectivity index (χ2n) is 8.36. The summed E-state index contributed by atoms with van der Waals surface area (Å²) in [4.78, 5) is 26.6. The molecule has 0 saturated carbocycles. The van der Waals surface area contributed by atoms with Crippen molar-refractivity contribution < 1.29 is 30.8 Å². The molecule has 2 aromatic heterocycles. The van der Waals surface area contributed by atoms with Crippen LogP contribution in [0.2, 0.25) is 0 Å². The number of nitrogens with one attached hydrogen (secondary N) is 1. The lowest BCUT2D eigenvalue weighted by Crippen LogP contribution is -2.33. The molecule has 2 heterocycles. The van der Waals surface area contributed by atoms with Crippen LogP contribution in [-0.4, -0.2) is 25.1 Å². The van der Waals surface area contributed by atoms with E-state index in [1.54, 1.807) is 13.0 Å². The van der Waals surface area contributed by atoms with E-state index in [4.69, 9.17) is 4.42 Å². The molecule has 0 saturated heterocycles. The van der Waals surface area contributed by atoms with Crippen LogP contribution in [0.5, 0.6) is 0 Å². The molecule has 0 aliphatic carbocycles. The zero-order valence-corrected chi connectivity index (χ0v) is 20.5. The van der Waals surface area contributed by atoms with Gasteiger partial charge in [-0.15, -0.1) is 0 Å². The lowest BCUT2D eigenvalue weighted by Gasteiger charge is -2.17. The number of nitrogens with zero attached hydrogens (tertiary/aromatic N) is 1. The zero-order chi connectivity index (χ0) is 27.0. The summed E-state index contributed by atoms with van der Waals surface area (Å²) in [6.07, 6.45) is -0.751. The standard InChI is InChI=1S/C26H21F3N2O5S/c1-16-22(18-10-11-36-15-18)13-23(24(32)30-14-17-6-8-21(9-7-17)37(2,34)35)25(33)31(16)20-5-3-4-19(12-20)26(27,28)29/h3-13,15H,14H2,1-2H3,(H,30,32). The molecule has 2 aromatic carbocycles. The molecule has 0 radical (unpaired) electrons. The Morgan fingerprint density at radius 3 is 2.35 bits per heavy atom. The van der Waals surface area contributed by atoms with Crippen LogP contribution in [0.1, 0.15) is 27.2 Å². The lowest BCUT2D eigenvalue weighted by atomic mass is 10.0. The van der Waals surface area contributed by atoms with Crippen LogP contribution in [-0.2, 0) is 22.6 Å². The Morgan fingerprint density at radius 2 is 1.76 bits per heavy atom. The van der Waals surface area contributed by atoms with Crippen molar-refractivity contribution in [2.75, 3.05) is 6.26 Å². The third-order valence-electron chi connectivity index (χ3n) is 5.76. The zero-order valence-electron chi connectivity index (χ0n) is 19.7. The first kappa shape index (κ1) is 26.0. The summed E-state index contributed by atoms with van der Waals surface area (Å²) in [6, 6.07) is 13.1. The Bertz CT molecular complexity index is 1620. The van der Waals surface area contributed by atoms with E-state index in [1.165, 1.54) is 55.0 Å². The van der Waals surface area contributed by atoms with Gasteiger partial charge in [-0.3, -0.25) is 14.2 Å². The molecule has 11 heteroatoms. The first-order valence-corrected chi connectivity index (χ1v) is 12.8. The highest BCUT2D eigenvalue weighted by molar-refractivity contribution is 7.90. The molecule has 0 bridgehead atoms. The highest BCUT2D eigenvalue weighted by Crippen LogP contribution is 2.31. The Kier molecular flexibility index (Phi) is 6.83. The van der Waals surface area contributed by atoms with Crippen molar-refractivity contribution in [3.63, 3.8) is 0 Å². The molecular formula is C26H21F3N2O5S. The molecule has 37 heavy (non-hydrogen) atoms. The second kappa shape index (κ2) is 9.74. The molecule has 1 N–H and O–H groups in total. The number of benzene rings is 2. The minimum Gasteiger partial charge on any atom is -0.472 e. The van der Waals surface area contributed by atoms with Gasteiger partial charge in [-0.1, -0.05) is 18.2 Å². The number of carbonyl (C=O) groups is 1. The van der Waals surface area contributed by atoms with Crippen LogP contribution in [0.15, 0.2) is 87.3 Å². The fourth-order valence-electron chi connectivity index (χ4n) is 3.84. The van der Waals surface area contributed by atoms with Gasteiger partial charge in [-0.05, 0) is 55.0 Å². The van der Waals surface area contributed by atoms with Crippen molar-refractivity contribution in [1.29, 1.82) is 0 Å². The molecule has 0 fully saturated rings. The highest BCUT2D eigenvalue weighted by Gasteiger charge is 2.31. The Labute approximate surface area is 210 Å². The maximum absolute atomic E-state index is 13.4. The number of furan rings is 1. The smallest absolute Gasteiger partial charge is 0.416 e. The van der Waals surface area contributed by atoms with Crippen LogP contribution < -0.4 is 10.9 Å². The summed E-state index contributed by atoms with van der Waals surface area (Å²) in [5, 5.41) is 2.62. The molecule has 7 nitrogen and oxygen atoms in total. The number of aromatic nitrogens is 1. The number of halogens is 3. The van der Waals surface area contributed by atoms with Gasteiger partial charge in [0.15, 0.2) is 9.84 Å². The van der Waals surface area contributed by atoms with Crippen LogP contribution in [0, 0.1) is 6.92 Å². The summed E-state index contributed by atoms with van der Waals surface area (Å²) in [7, 11) is -3.38. The van der Waals surface area contributed by atoms with Gasteiger partial charge in [-0.25, -0.2) is 8.42 Å². The van der Waals surface area contributed by atoms with Crippen molar-refractivity contribution in [1.82, 2.24) is 9.88 Å². The topological polar surface area (TPSA) is 98.4 Å². The molecule has 0 aliphatic heterocycles. The number of hydrogen-bond acceptors (Lipinski definition) is 5. The van der Waals surface area contributed by atoms with E-state index in [1.807, 2.05) is 0 Å². The monoisotopic (exact) mass is 530 g/mol. The quantitative estimate of drug-likeness (QED) is 0.388. The Morgan fingerprint density at radius 1 is 1.05 bits per heavy atom. The van der Waals surface area contributed by atoms with Gasteiger partial charge in [0.2, 0.25) is 0 Å². The van der Waals surface area contributed by atoms with Crippen LogP contribution in [0.4, 0.5) is 13.2 Å². The van der Waals surface area contributed by atoms with Crippen molar-refractivity contribution in [2.45, 2.75) is 24.5 Å². The fraction of sp³-hybridized carbons (Fsp3) is 0.154. The van der Waals surface area contributed by atoms with Crippen LogP contribution in [0.3, 0.4) is 0 Å². The summed E-state index contributed by atoms with van der Waals surface area (Å²) in [5.74, 6) is -0.748. The SMILES string of the molecule is Cc1c(-c2ccoc2)cc(C(=O)NCc2ccc(S(C)(=O)=O)cc2)c(=O)n1-c1cccc(C(F)(F)F)c1. The van der Waals surface area contributed by atoms with E-state index in [0.717, 1.165) is 23.0 Å². The summed E-state index contributed by atoms with van der Waals surface area (Å²) in [6.45, 7) is 1.55. The number of carbonyl (C=O) groups excluding carboxylic acids is 1. The minimum absolute atomic E-state index is 0.0131. The van der Waals surface area contributed by atoms with Crippen molar-refractivity contribution >= 4 is 15.7 Å². The maximum atomic E-state index is 13.4. The van der Waals surface area contributed by atoms with E-state index in [9.17, 15) is 31.2 Å². The molecule has 4 rings (SSSR count). The number of sulfone groups is 1. The Balaban J connectivity index is 1.75. The maximum Gasteiger partial charge on any atom is 0.416 e. The average Bonchev–Trinajstić information content (AvgIpc) is 3.37. The number of hydrogen-bond donors (Lipinski definition) is 1. The molecule has 1 amide bonds. The second-order valence-corrected chi connectivity index (χ2v) is 10.4. The van der Waals surface area contributed by atoms with Crippen molar-refractivity contribution in [3.05, 3.63) is 106 Å². The predicted octanol–water partition coefficient (Wildman–Crippen LogP) is 4.76. The first-order chi connectivity index (χ1) is 17.4. The van der Waals surface area contributed by atoms with E-state index in [2.05, 4.69) is 5.32 Å². The van der Waals surface area contributed by atoms with E-state index in [-0.39, 0.29) is 22.7 Å². The number of rotatable bonds is 6. The molecule has 0 aliphatic rings.